The third kappa shape index (κ3) is 5.23. The first-order valence-corrected chi connectivity index (χ1v) is 6.38. The Kier molecular flexibility index (Phi) is 6.61. The number of hydrogen-bond donors (Lipinski definition) is 3. The minimum atomic E-state index is -1.68. The van der Waals surface area contributed by atoms with Gasteiger partial charge >= 0.3 is 0 Å². The molecule has 0 spiro atoms. The van der Waals surface area contributed by atoms with Gasteiger partial charge in [0, 0.05) is 19.0 Å². The first kappa shape index (κ1) is 17.7. The molecule has 1 rings (SSSR count). The van der Waals surface area contributed by atoms with Gasteiger partial charge in [-0.1, -0.05) is 0 Å². The van der Waals surface area contributed by atoms with E-state index < -0.39 is 41.4 Å². The van der Waals surface area contributed by atoms with Gasteiger partial charge in [-0.25, -0.2) is 8.78 Å². The van der Waals surface area contributed by atoms with Crippen LogP contribution in [0, 0.1) is 28.7 Å². The van der Waals surface area contributed by atoms with Gasteiger partial charge < -0.3 is 15.8 Å². The van der Waals surface area contributed by atoms with Gasteiger partial charge in [0.2, 0.25) is 11.6 Å². The fourth-order valence-electron chi connectivity index (χ4n) is 1.57. The molecular formula is C13H15F4N3O2. The summed E-state index contributed by atoms with van der Waals surface area (Å²) in [5.41, 5.74) is 5.05. The highest BCUT2D eigenvalue weighted by molar-refractivity contribution is 5.79. The topological polar surface area (TPSA) is 88.2 Å². The summed E-state index contributed by atoms with van der Waals surface area (Å²) >= 11 is 0. The quantitative estimate of drug-likeness (QED) is 0.224. The third-order valence-electron chi connectivity index (χ3n) is 2.65. The zero-order valence-corrected chi connectivity index (χ0v) is 11.5. The van der Waals surface area contributed by atoms with Crippen molar-refractivity contribution in [2.45, 2.75) is 19.3 Å². The number of rotatable bonds is 8. The van der Waals surface area contributed by atoms with Crippen LogP contribution in [-0.4, -0.2) is 24.9 Å². The van der Waals surface area contributed by atoms with E-state index in [1.54, 1.807) is 0 Å². The fourth-order valence-corrected chi connectivity index (χ4v) is 1.57. The van der Waals surface area contributed by atoms with Gasteiger partial charge in [-0.3, -0.25) is 10.2 Å². The molecule has 4 N–H and O–H groups in total. The van der Waals surface area contributed by atoms with Crippen molar-refractivity contribution in [1.29, 1.82) is 5.41 Å². The molecule has 0 saturated heterocycles. The zero-order chi connectivity index (χ0) is 16.7. The SMILES string of the molecule is N=C(N)NCCCCC(=O)COc1c(F)c(F)cc(F)c1F. The molecule has 0 atom stereocenters. The maximum absolute atomic E-state index is 13.3. The van der Waals surface area contributed by atoms with Crippen LogP contribution in [-0.2, 0) is 4.79 Å². The number of unbranched alkanes of at least 4 members (excludes halogenated alkanes) is 1. The van der Waals surface area contributed by atoms with Crippen molar-refractivity contribution < 1.29 is 27.1 Å². The molecule has 0 aliphatic heterocycles. The fraction of sp³-hybridized carbons (Fsp3) is 0.385. The molecule has 0 aromatic heterocycles. The Morgan fingerprint density at radius 1 is 1.18 bits per heavy atom. The van der Waals surface area contributed by atoms with E-state index >= 15 is 0 Å². The van der Waals surface area contributed by atoms with Crippen LogP contribution in [0.1, 0.15) is 19.3 Å². The molecule has 0 aliphatic rings. The van der Waals surface area contributed by atoms with E-state index in [4.69, 9.17) is 11.1 Å². The van der Waals surface area contributed by atoms with Crippen LogP contribution in [0.25, 0.3) is 0 Å². The monoisotopic (exact) mass is 321 g/mol. The summed E-state index contributed by atoms with van der Waals surface area (Å²) in [6.07, 6.45) is 1.04. The molecule has 1 aromatic rings. The number of hydrogen-bond acceptors (Lipinski definition) is 3. The van der Waals surface area contributed by atoms with Gasteiger partial charge in [0.05, 0.1) is 0 Å². The molecule has 122 valence electrons. The van der Waals surface area contributed by atoms with Crippen LogP contribution in [0.3, 0.4) is 0 Å². The minimum Gasteiger partial charge on any atom is -0.480 e. The highest BCUT2D eigenvalue weighted by atomic mass is 19.2. The maximum atomic E-state index is 13.3. The van der Waals surface area contributed by atoms with Crippen LogP contribution in [0.5, 0.6) is 5.75 Å². The second-order valence-electron chi connectivity index (χ2n) is 4.42. The molecule has 0 aliphatic carbocycles. The van der Waals surface area contributed by atoms with Gasteiger partial charge in [-0.15, -0.1) is 0 Å². The number of ketones is 1. The lowest BCUT2D eigenvalue weighted by atomic mass is 10.2. The Bertz CT molecular complexity index is 540. The van der Waals surface area contributed by atoms with Crippen molar-refractivity contribution in [3.05, 3.63) is 29.3 Å². The van der Waals surface area contributed by atoms with Crippen LogP contribution in [0.2, 0.25) is 0 Å². The molecule has 0 bridgehead atoms. The number of carbonyl (C=O) groups excluding carboxylic acids is 1. The average Bonchev–Trinajstić information content (AvgIpc) is 2.44. The maximum Gasteiger partial charge on any atom is 0.203 e. The molecule has 1 aromatic carbocycles. The summed E-state index contributed by atoms with van der Waals surface area (Å²) in [5, 5.41) is 9.44. The summed E-state index contributed by atoms with van der Waals surface area (Å²) in [6.45, 7) is -0.293. The molecule has 0 radical (unpaired) electrons. The zero-order valence-electron chi connectivity index (χ0n) is 11.5. The molecule has 0 amide bonds. The minimum absolute atomic E-state index is 0.0562. The van der Waals surface area contributed by atoms with Gasteiger partial charge in [-0.2, -0.15) is 8.78 Å². The summed E-state index contributed by atoms with van der Waals surface area (Å²) in [7, 11) is 0. The normalized spacial score (nSPS) is 10.4. The average molecular weight is 321 g/mol. The van der Waals surface area contributed by atoms with E-state index in [1.165, 1.54) is 0 Å². The van der Waals surface area contributed by atoms with Gasteiger partial charge in [-0.05, 0) is 12.8 Å². The highest BCUT2D eigenvalue weighted by Gasteiger charge is 2.21. The molecule has 0 fully saturated rings. The van der Waals surface area contributed by atoms with E-state index in [-0.39, 0.29) is 18.4 Å². The first-order chi connectivity index (χ1) is 10.3. The van der Waals surface area contributed by atoms with E-state index in [2.05, 4.69) is 10.1 Å². The van der Waals surface area contributed by atoms with Crippen LogP contribution in [0.4, 0.5) is 17.6 Å². The number of carbonyl (C=O) groups is 1. The molecule has 5 nitrogen and oxygen atoms in total. The predicted octanol–water partition coefficient (Wildman–Crippen LogP) is 1.84. The Hall–Kier alpha value is -2.32. The number of ether oxygens (including phenoxy) is 1. The van der Waals surface area contributed by atoms with Crippen LogP contribution >= 0.6 is 0 Å². The van der Waals surface area contributed by atoms with Crippen LogP contribution in [0.15, 0.2) is 6.07 Å². The van der Waals surface area contributed by atoms with Crippen molar-refractivity contribution in [3.63, 3.8) is 0 Å². The number of nitrogens with two attached hydrogens (primary N) is 1. The van der Waals surface area contributed by atoms with E-state index in [9.17, 15) is 22.4 Å². The first-order valence-electron chi connectivity index (χ1n) is 6.38. The van der Waals surface area contributed by atoms with Gasteiger partial charge in [0.25, 0.3) is 0 Å². The smallest absolute Gasteiger partial charge is 0.203 e. The number of Topliss-reactive ketones (excluding diaryl/α,β-unsaturated/α-hetero) is 1. The summed E-state index contributed by atoms with van der Waals surface area (Å²) in [5.74, 6) is -8.48. The number of guanidine groups is 1. The Labute approximate surface area is 123 Å². The van der Waals surface area contributed by atoms with Crippen molar-refractivity contribution in [2.75, 3.05) is 13.2 Å². The number of nitrogens with one attached hydrogen (secondary N) is 2. The number of halogens is 4. The number of benzene rings is 1. The largest absolute Gasteiger partial charge is 0.480 e. The van der Waals surface area contributed by atoms with E-state index in [0.29, 0.717) is 19.4 Å². The Morgan fingerprint density at radius 2 is 1.77 bits per heavy atom. The summed E-state index contributed by atoms with van der Waals surface area (Å²) in [4.78, 5) is 11.5. The molecule has 0 saturated carbocycles. The third-order valence-corrected chi connectivity index (χ3v) is 2.65. The summed E-state index contributed by atoms with van der Waals surface area (Å²) < 4.78 is 56.9. The molecular weight excluding hydrogens is 306 g/mol. The van der Waals surface area contributed by atoms with E-state index in [0.717, 1.165) is 0 Å². The van der Waals surface area contributed by atoms with Gasteiger partial charge in [0.1, 0.15) is 6.61 Å². The van der Waals surface area contributed by atoms with Crippen LogP contribution < -0.4 is 15.8 Å². The molecule has 22 heavy (non-hydrogen) atoms. The molecule has 0 unspecified atom stereocenters. The highest BCUT2D eigenvalue weighted by Crippen LogP contribution is 2.26. The second kappa shape index (κ2) is 8.20. The second-order valence-corrected chi connectivity index (χ2v) is 4.42. The Morgan fingerprint density at radius 3 is 2.32 bits per heavy atom. The Balaban J connectivity index is 2.43. The van der Waals surface area contributed by atoms with E-state index in [1.807, 2.05) is 0 Å². The lowest BCUT2D eigenvalue weighted by Gasteiger charge is -2.09. The van der Waals surface area contributed by atoms with Crippen molar-refractivity contribution >= 4 is 11.7 Å². The summed E-state index contributed by atoms with van der Waals surface area (Å²) in [6, 6.07) is 0.0569. The molecule has 9 heteroatoms. The predicted molar refractivity (Wildman–Crippen MR) is 70.5 cm³/mol. The van der Waals surface area contributed by atoms with Gasteiger partial charge in [0.15, 0.2) is 29.1 Å². The van der Waals surface area contributed by atoms with Crippen molar-refractivity contribution in [2.24, 2.45) is 5.73 Å². The van der Waals surface area contributed by atoms with Crippen molar-refractivity contribution in [3.8, 4) is 5.75 Å². The molecule has 0 heterocycles. The standard InChI is InChI=1S/C13H15F4N3O2/c14-8-5-9(15)11(17)12(10(8)16)22-6-7(21)3-1-2-4-20-13(18)19/h5H,1-4,6H2,(H4,18,19,20). The lowest BCUT2D eigenvalue weighted by Crippen LogP contribution is -2.30. The van der Waals surface area contributed by atoms with Crippen molar-refractivity contribution in [1.82, 2.24) is 5.32 Å². The lowest BCUT2D eigenvalue weighted by molar-refractivity contribution is -0.121.